The fourth-order valence-electron chi connectivity index (χ4n) is 1.27. The maximum atomic E-state index is 11.9. The minimum absolute atomic E-state index is 0.149. The fourth-order valence-corrected chi connectivity index (χ4v) is 3.43. The first-order valence-corrected chi connectivity index (χ1v) is 7.07. The van der Waals surface area contributed by atoms with Crippen molar-refractivity contribution in [1.29, 1.82) is 0 Å². The molecule has 17 heavy (non-hydrogen) atoms. The van der Waals surface area contributed by atoms with Crippen LogP contribution in [0.2, 0.25) is 0 Å². The highest BCUT2D eigenvalue weighted by Crippen LogP contribution is 2.21. The number of sulfonamides is 1. The third-order valence-electron chi connectivity index (χ3n) is 2.05. The van der Waals surface area contributed by atoms with Crippen molar-refractivity contribution in [2.75, 3.05) is 4.72 Å². The van der Waals surface area contributed by atoms with Gasteiger partial charge in [0.05, 0.1) is 23.4 Å². The smallest absolute Gasteiger partial charge is 0.262 e. The minimum Gasteiger partial charge on any atom is -0.391 e. The van der Waals surface area contributed by atoms with Crippen LogP contribution in [0.4, 0.5) is 5.69 Å². The summed E-state index contributed by atoms with van der Waals surface area (Å²) >= 11 is 1.20. The van der Waals surface area contributed by atoms with Crippen LogP contribution in [0.5, 0.6) is 0 Å². The van der Waals surface area contributed by atoms with Crippen molar-refractivity contribution in [2.24, 2.45) is 7.05 Å². The molecule has 0 radical (unpaired) electrons. The molecule has 0 aromatic carbocycles. The number of hydrogen-bond acceptors (Lipinski definition) is 5. The molecule has 2 aromatic heterocycles. The molecule has 0 amide bonds. The van der Waals surface area contributed by atoms with Crippen LogP contribution in [-0.4, -0.2) is 23.3 Å². The van der Waals surface area contributed by atoms with Crippen LogP contribution >= 0.6 is 11.3 Å². The maximum Gasteiger partial charge on any atom is 0.262 e. The summed E-state index contributed by atoms with van der Waals surface area (Å²) < 4.78 is 27.7. The molecule has 6 nitrogen and oxygen atoms in total. The Morgan fingerprint density at radius 3 is 2.88 bits per heavy atom. The lowest BCUT2D eigenvalue weighted by Crippen LogP contribution is -2.11. The van der Waals surface area contributed by atoms with Crippen LogP contribution in [0.25, 0.3) is 0 Å². The molecule has 0 saturated carbocycles. The Labute approximate surface area is 103 Å². The largest absolute Gasteiger partial charge is 0.391 e. The van der Waals surface area contributed by atoms with Crippen molar-refractivity contribution >= 4 is 27.0 Å². The number of aryl methyl sites for hydroxylation is 1. The average Bonchev–Trinajstić information content (AvgIpc) is 2.86. The monoisotopic (exact) mass is 273 g/mol. The van der Waals surface area contributed by atoms with E-state index in [0.29, 0.717) is 10.6 Å². The topological polar surface area (TPSA) is 84.2 Å². The summed E-state index contributed by atoms with van der Waals surface area (Å²) in [5.41, 5.74) is 0.407. The molecule has 2 rings (SSSR count). The van der Waals surface area contributed by atoms with Gasteiger partial charge in [-0.1, -0.05) is 0 Å². The zero-order chi connectivity index (χ0) is 12.5. The second-order valence-electron chi connectivity index (χ2n) is 3.42. The van der Waals surface area contributed by atoms with Gasteiger partial charge in [0.15, 0.2) is 0 Å². The van der Waals surface area contributed by atoms with Gasteiger partial charge in [-0.05, 0) is 6.07 Å². The molecular weight excluding hydrogens is 262 g/mol. The highest BCUT2D eigenvalue weighted by molar-refractivity contribution is 7.92. The summed E-state index contributed by atoms with van der Waals surface area (Å²) in [7, 11) is -1.89. The van der Waals surface area contributed by atoms with Gasteiger partial charge in [0, 0.05) is 23.5 Å². The van der Waals surface area contributed by atoms with Crippen LogP contribution in [0.15, 0.2) is 28.7 Å². The SMILES string of the molecule is Cn1cc(NS(=O)(=O)c2csc(CO)c2)cn1. The lowest BCUT2D eigenvalue weighted by atomic mass is 10.5. The molecule has 92 valence electrons. The molecule has 0 aliphatic carbocycles. The Hall–Kier alpha value is -1.38. The van der Waals surface area contributed by atoms with Gasteiger partial charge < -0.3 is 5.11 Å². The summed E-state index contributed by atoms with van der Waals surface area (Å²) in [5.74, 6) is 0. The summed E-state index contributed by atoms with van der Waals surface area (Å²) in [6, 6.07) is 1.45. The molecule has 0 aliphatic heterocycles. The van der Waals surface area contributed by atoms with E-state index in [1.165, 1.54) is 33.7 Å². The van der Waals surface area contributed by atoms with Crippen LogP contribution in [-0.2, 0) is 23.7 Å². The van der Waals surface area contributed by atoms with Crippen molar-refractivity contribution in [3.8, 4) is 0 Å². The Morgan fingerprint density at radius 2 is 2.35 bits per heavy atom. The highest BCUT2D eigenvalue weighted by Gasteiger charge is 2.16. The van der Waals surface area contributed by atoms with E-state index >= 15 is 0 Å². The number of anilines is 1. The third-order valence-corrected chi connectivity index (χ3v) is 4.48. The highest BCUT2D eigenvalue weighted by atomic mass is 32.2. The van der Waals surface area contributed by atoms with Gasteiger partial charge in [0.2, 0.25) is 0 Å². The lowest BCUT2D eigenvalue weighted by molar-refractivity contribution is 0.285. The number of hydrogen-bond donors (Lipinski definition) is 2. The van der Waals surface area contributed by atoms with E-state index in [0.717, 1.165) is 0 Å². The van der Waals surface area contributed by atoms with Gasteiger partial charge in [0.1, 0.15) is 0 Å². The second kappa shape index (κ2) is 4.47. The summed E-state index contributed by atoms with van der Waals surface area (Å²) in [6.07, 6.45) is 2.99. The number of rotatable bonds is 4. The quantitative estimate of drug-likeness (QED) is 0.862. The first kappa shape index (κ1) is 12.1. The van der Waals surface area contributed by atoms with Crippen molar-refractivity contribution in [3.63, 3.8) is 0 Å². The van der Waals surface area contributed by atoms with Crippen LogP contribution in [0.1, 0.15) is 4.88 Å². The Bertz CT molecular complexity index is 615. The van der Waals surface area contributed by atoms with Gasteiger partial charge in [-0.3, -0.25) is 9.40 Å². The molecular formula is C9H11N3O3S2. The Balaban J connectivity index is 2.24. The lowest BCUT2D eigenvalue weighted by Gasteiger charge is -2.02. The predicted octanol–water partition coefficient (Wildman–Crippen LogP) is 0.775. The minimum atomic E-state index is -3.59. The normalized spacial score (nSPS) is 11.6. The van der Waals surface area contributed by atoms with E-state index in [1.807, 2.05) is 0 Å². The second-order valence-corrected chi connectivity index (χ2v) is 6.09. The molecule has 0 unspecified atom stereocenters. The molecule has 2 aromatic rings. The van der Waals surface area contributed by atoms with Crippen molar-refractivity contribution in [1.82, 2.24) is 9.78 Å². The van der Waals surface area contributed by atoms with E-state index in [4.69, 9.17) is 5.11 Å². The molecule has 8 heteroatoms. The molecule has 0 spiro atoms. The van der Waals surface area contributed by atoms with E-state index in [9.17, 15) is 8.42 Å². The molecule has 0 saturated heterocycles. The number of aliphatic hydroxyl groups is 1. The molecule has 0 atom stereocenters. The predicted molar refractivity (Wildman–Crippen MR) is 64.3 cm³/mol. The number of thiophene rings is 1. The van der Waals surface area contributed by atoms with Gasteiger partial charge in [-0.15, -0.1) is 11.3 Å². The van der Waals surface area contributed by atoms with Crippen LogP contribution < -0.4 is 4.72 Å². The number of nitrogens with zero attached hydrogens (tertiary/aromatic N) is 2. The summed E-state index contributed by atoms with van der Waals surface area (Å²) in [6.45, 7) is -0.160. The average molecular weight is 273 g/mol. The standard InChI is InChI=1S/C9H11N3O3S2/c1-12-4-7(3-10-12)11-17(14,15)9-2-8(5-13)16-6-9/h2-4,6,11,13H,5H2,1H3. The van der Waals surface area contributed by atoms with Crippen LogP contribution in [0.3, 0.4) is 0 Å². The molecule has 0 bridgehead atoms. The van der Waals surface area contributed by atoms with Gasteiger partial charge in [0.25, 0.3) is 10.0 Å². The number of aliphatic hydroxyl groups excluding tert-OH is 1. The van der Waals surface area contributed by atoms with E-state index < -0.39 is 10.0 Å². The van der Waals surface area contributed by atoms with Gasteiger partial charge in [-0.25, -0.2) is 8.42 Å². The van der Waals surface area contributed by atoms with E-state index in [2.05, 4.69) is 9.82 Å². The van der Waals surface area contributed by atoms with E-state index in [1.54, 1.807) is 13.2 Å². The summed E-state index contributed by atoms with van der Waals surface area (Å²) in [5, 5.41) is 14.3. The van der Waals surface area contributed by atoms with Crippen molar-refractivity contribution in [2.45, 2.75) is 11.5 Å². The fraction of sp³-hybridized carbons (Fsp3) is 0.222. The maximum absolute atomic E-state index is 11.9. The zero-order valence-electron chi connectivity index (χ0n) is 8.99. The zero-order valence-corrected chi connectivity index (χ0v) is 10.6. The van der Waals surface area contributed by atoms with Crippen LogP contribution in [0, 0.1) is 0 Å². The van der Waals surface area contributed by atoms with Gasteiger partial charge >= 0.3 is 0 Å². The summed E-state index contributed by atoms with van der Waals surface area (Å²) in [4.78, 5) is 0.756. The first-order valence-electron chi connectivity index (χ1n) is 4.71. The Morgan fingerprint density at radius 1 is 1.59 bits per heavy atom. The first-order chi connectivity index (χ1) is 8.01. The number of nitrogens with one attached hydrogen (secondary N) is 1. The third kappa shape index (κ3) is 2.65. The molecule has 2 heterocycles. The molecule has 2 N–H and O–H groups in total. The van der Waals surface area contributed by atoms with Crippen molar-refractivity contribution in [3.05, 3.63) is 28.7 Å². The molecule has 0 aliphatic rings. The van der Waals surface area contributed by atoms with Gasteiger partial charge in [-0.2, -0.15) is 5.10 Å². The van der Waals surface area contributed by atoms with Crippen molar-refractivity contribution < 1.29 is 13.5 Å². The Kier molecular flexibility index (Phi) is 3.18. The number of aromatic nitrogens is 2. The molecule has 0 fully saturated rings. The van der Waals surface area contributed by atoms with E-state index in [-0.39, 0.29) is 11.5 Å².